The molecule has 182 valence electrons. The summed E-state index contributed by atoms with van der Waals surface area (Å²) in [6.07, 6.45) is 1.41. The van der Waals surface area contributed by atoms with E-state index in [-0.39, 0.29) is 43.7 Å². The molecule has 2 heterocycles. The summed E-state index contributed by atoms with van der Waals surface area (Å²) in [5.41, 5.74) is 8.20. The number of aliphatic hydroxyl groups is 1. The summed E-state index contributed by atoms with van der Waals surface area (Å²) in [5, 5.41) is 14.1. The Morgan fingerprint density at radius 2 is 1.83 bits per heavy atom. The van der Waals surface area contributed by atoms with Crippen molar-refractivity contribution in [2.24, 2.45) is 0 Å². The topological polar surface area (TPSA) is 107 Å². The van der Waals surface area contributed by atoms with Gasteiger partial charge in [0.05, 0.1) is 16.9 Å². The predicted octanol–water partition coefficient (Wildman–Crippen LogP) is 4.35. The van der Waals surface area contributed by atoms with Crippen molar-refractivity contribution in [1.82, 2.24) is 10.3 Å². The SMILES string of the molecule is Cc1cc(OCc2cc(F)ccc2F)cc(OCc2csc3c(C(=O)NCCO)cnc(N)c23)c1. The summed E-state index contributed by atoms with van der Waals surface area (Å²) < 4.78 is 39.6. The van der Waals surface area contributed by atoms with Crippen LogP contribution in [0.5, 0.6) is 11.5 Å². The number of nitrogen functional groups attached to an aromatic ring is 1. The summed E-state index contributed by atoms with van der Waals surface area (Å²) in [6.45, 7) is 1.86. The number of nitrogens with zero attached hydrogens (tertiary/aromatic N) is 1. The zero-order chi connectivity index (χ0) is 24.9. The van der Waals surface area contributed by atoms with Crippen LogP contribution in [0.3, 0.4) is 0 Å². The smallest absolute Gasteiger partial charge is 0.254 e. The zero-order valence-corrected chi connectivity index (χ0v) is 19.6. The van der Waals surface area contributed by atoms with Gasteiger partial charge in [0.25, 0.3) is 5.91 Å². The molecule has 35 heavy (non-hydrogen) atoms. The third-order valence-electron chi connectivity index (χ3n) is 5.16. The fourth-order valence-corrected chi connectivity index (χ4v) is 4.59. The lowest BCUT2D eigenvalue weighted by atomic mass is 10.1. The Labute approximate surface area is 204 Å². The number of hydrogen-bond acceptors (Lipinski definition) is 7. The van der Waals surface area contributed by atoms with Gasteiger partial charge >= 0.3 is 0 Å². The van der Waals surface area contributed by atoms with E-state index >= 15 is 0 Å². The molecule has 10 heteroatoms. The molecular weight excluding hydrogens is 476 g/mol. The van der Waals surface area contributed by atoms with Crippen LogP contribution in [0.2, 0.25) is 0 Å². The van der Waals surface area contributed by atoms with Crippen molar-refractivity contribution in [3.05, 3.63) is 81.9 Å². The highest BCUT2D eigenvalue weighted by Gasteiger charge is 2.17. The van der Waals surface area contributed by atoms with Crippen LogP contribution in [0.15, 0.2) is 48.0 Å². The molecule has 7 nitrogen and oxygen atoms in total. The number of carbonyl (C=O) groups excluding carboxylic acids is 1. The Morgan fingerprint density at radius 1 is 1.11 bits per heavy atom. The number of aryl methyl sites for hydroxylation is 1. The first kappa shape index (κ1) is 24.4. The zero-order valence-electron chi connectivity index (χ0n) is 18.8. The minimum atomic E-state index is -0.546. The third kappa shape index (κ3) is 5.67. The van der Waals surface area contributed by atoms with Gasteiger partial charge in [-0.25, -0.2) is 13.8 Å². The lowest BCUT2D eigenvalue weighted by Gasteiger charge is -2.12. The van der Waals surface area contributed by atoms with Crippen molar-refractivity contribution < 1.29 is 28.2 Å². The number of aliphatic hydroxyl groups excluding tert-OH is 1. The number of benzene rings is 2. The number of thiophene rings is 1. The Morgan fingerprint density at radius 3 is 2.54 bits per heavy atom. The molecule has 1 amide bonds. The number of nitrogens with one attached hydrogen (secondary N) is 1. The summed E-state index contributed by atoms with van der Waals surface area (Å²) in [5.74, 6) is -0.185. The largest absolute Gasteiger partial charge is 0.489 e. The second-order valence-corrected chi connectivity index (χ2v) is 8.68. The van der Waals surface area contributed by atoms with Crippen LogP contribution in [-0.4, -0.2) is 29.1 Å². The van der Waals surface area contributed by atoms with E-state index in [2.05, 4.69) is 10.3 Å². The molecule has 4 N–H and O–H groups in total. The molecule has 0 unspecified atom stereocenters. The monoisotopic (exact) mass is 499 g/mol. The maximum atomic E-state index is 13.9. The molecule has 2 aromatic carbocycles. The van der Waals surface area contributed by atoms with Gasteiger partial charge in [-0.1, -0.05) is 0 Å². The quantitative estimate of drug-likeness (QED) is 0.316. The van der Waals surface area contributed by atoms with Gasteiger partial charge in [0.2, 0.25) is 0 Å². The standard InChI is InChI=1S/C25H23F2N3O4S/c1-14-6-18(33-11-15-8-17(26)2-3-21(15)27)9-19(7-14)34-12-16-13-35-23-20(25(32)29-4-5-31)10-30-24(28)22(16)23/h2-3,6-10,13,31H,4-5,11-12H2,1H3,(H2,28,30)(H,29,32). The van der Waals surface area contributed by atoms with Gasteiger partial charge < -0.3 is 25.6 Å². The second-order valence-electron chi connectivity index (χ2n) is 7.80. The van der Waals surface area contributed by atoms with Crippen molar-refractivity contribution in [2.75, 3.05) is 18.9 Å². The molecule has 0 bridgehead atoms. The molecule has 0 spiro atoms. The van der Waals surface area contributed by atoms with Crippen LogP contribution in [0.25, 0.3) is 10.1 Å². The average Bonchev–Trinajstić information content (AvgIpc) is 3.26. The minimum Gasteiger partial charge on any atom is -0.489 e. The summed E-state index contributed by atoms with van der Waals surface area (Å²) in [6, 6.07) is 8.46. The number of hydrogen-bond donors (Lipinski definition) is 3. The average molecular weight is 500 g/mol. The Balaban J connectivity index is 1.50. The molecule has 0 atom stereocenters. The molecular formula is C25H23F2N3O4S. The van der Waals surface area contributed by atoms with E-state index in [1.807, 2.05) is 18.4 Å². The van der Waals surface area contributed by atoms with Crippen LogP contribution in [0.4, 0.5) is 14.6 Å². The minimum absolute atomic E-state index is 0.112. The molecule has 4 rings (SSSR count). The molecule has 0 radical (unpaired) electrons. The van der Waals surface area contributed by atoms with E-state index in [0.717, 1.165) is 29.3 Å². The lowest BCUT2D eigenvalue weighted by Crippen LogP contribution is -2.26. The molecule has 0 aliphatic heterocycles. The highest BCUT2D eigenvalue weighted by molar-refractivity contribution is 7.17. The summed E-state index contributed by atoms with van der Waals surface area (Å²) in [7, 11) is 0. The van der Waals surface area contributed by atoms with Crippen LogP contribution < -0.4 is 20.5 Å². The van der Waals surface area contributed by atoms with Crippen LogP contribution in [-0.2, 0) is 13.2 Å². The fraction of sp³-hybridized carbons (Fsp3) is 0.200. The number of nitrogens with two attached hydrogens (primary N) is 1. The van der Waals surface area contributed by atoms with E-state index in [0.29, 0.717) is 27.1 Å². The van der Waals surface area contributed by atoms with Gasteiger partial charge in [-0.15, -0.1) is 11.3 Å². The number of fused-ring (bicyclic) bond motifs is 1. The molecule has 4 aromatic rings. The molecule has 0 saturated heterocycles. The highest BCUT2D eigenvalue weighted by atomic mass is 32.1. The van der Waals surface area contributed by atoms with Gasteiger partial charge in [0.1, 0.15) is 42.2 Å². The first-order valence-electron chi connectivity index (χ1n) is 10.7. The fourth-order valence-electron chi connectivity index (χ4n) is 3.52. The molecule has 0 aliphatic carbocycles. The Bertz CT molecular complexity index is 1380. The number of ether oxygens (including phenoxy) is 2. The van der Waals surface area contributed by atoms with Gasteiger partial charge in [-0.3, -0.25) is 4.79 Å². The van der Waals surface area contributed by atoms with Crippen LogP contribution in [0, 0.1) is 18.6 Å². The van der Waals surface area contributed by atoms with Crippen molar-refractivity contribution in [3.8, 4) is 11.5 Å². The Kier molecular flexibility index (Phi) is 7.42. The van der Waals surface area contributed by atoms with Crippen molar-refractivity contribution >= 4 is 33.1 Å². The molecule has 0 fully saturated rings. The molecule has 0 aliphatic rings. The van der Waals surface area contributed by atoms with Gasteiger partial charge in [-0.2, -0.15) is 0 Å². The number of rotatable bonds is 9. The number of halogens is 2. The van der Waals surface area contributed by atoms with Gasteiger partial charge in [0.15, 0.2) is 0 Å². The van der Waals surface area contributed by atoms with Gasteiger partial charge in [-0.05, 0) is 48.2 Å². The lowest BCUT2D eigenvalue weighted by molar-refractivity contribution is 0.0946. The van der Waals surface area contributed by atoms with E-state index in [9.17, 15) is 13.6 Å². The highest BCUT2D eigenvalue weighted by Crippen LogP contribution is 2.33. The van der Waals surface area contributed by atoms with Crippen LogP contribution >= 0.6 is 11.3 Å². The molecule has 0 saturated carbocycles. The molecule has 2 aromatic heterocycles. The van der Waals surface area contributed by atoms with Crippen molar-refractivity contribution in [1.29, 1.82) is 0 Å². The summed E-state index contributed by atoms with van der Waals surface area (Å²) in [4.78, 5) is 16.6. The van der Waals surface area contributed by atoms with Crippen molar-refractivity contribution in [2.45, 2.75) is 20.1 Å². The van der Waals surface area contributed by atoms with E-state index in [1.54, 1.807) is 12.1 Å². The van der Waals surface area contributed by atoms with E-state index < -0.39 is 11.6 Å². The first-order valence-corrected chi connectivity index (χ1v) is 11.6. The van der Waals surface area contributed by atoms with Crippen molar-refractivity contribution in [3.63, 3.8) is 0 Å². The van der Waals surface area contributed by atoms with Crippen LogP contribution in [0.1, 0.15) is 27.0 Å². The number of aromatic nitrogens is 1. The third-order valence-corrected chi connectivity index (χ3v) is 6.23. The number of pyridine rings is 1. The Hall–Kier alpha value is -3.76. The maximum Gasteiger partial charge on any atom is 0.254 e. The second kappa shape index (κ2) is 10.7. The maximum absolute atomic E-state index is 13.9. The number of amides is 1. The normalized spacial score (nSPS) is 11.0. The number of anilines is 1. The predicted molar refractivity (Wildman–Crippen MR) is 130 cm³/mol. The summed E-state index contributed by atoms with van der Waals surface area (Å²) >= 11 is 1.35. The number of carbonyl (C=O) groups is 1. The van der Waals surface area contributed by atoms with Gasteiger partial charge in [0, 0.05) is 35.3 Å². The first-order chi connectivity index (χ1) is 16.9. The van der Waals surface area contributed by atoms with E-state index in [4.69, 9.17) is 20.3 Å². The van der Waals surface area contributed by atoms with E-state index in [1.165, 1.54) is 17.5 Å².